The average Bonchev–Trinajstić information content (AvgIpc) is 0.811. The number of hydrogen-bond acceptors (Lipinski definition) is 3. The Labute approximate surface area is 194 Å². The van der Waals surface area contributed by atoms with Crippen molar-refractivity contribution in [3.63, 3.8) is 0 Å². The van der Waals surface area contributed by atoms with Crippen LogP contribution in [0.15, 0.2) is 0 Å². The zero-order valence-corrected chi connectivity index (χ0v) is 15.8. The molecule has 0 spiro atoms. The zero-order chi connectivity index (χ0) is 3.58. The predicted molar refractivity (Wildman–Crippen MR) is 5.75 cm³/mol. The van der Waals surface area contributed by atoms with Gasteiger partial charge < -0.3 is 33.9 Å². The van der Waals surface area contributed by atoms with Crippen LogP contribution in [-0.4, -0.2) is 7.32 Å². The van der Waals surface area contributed by atoms with Crippen LogP contribution >= 0.6 is 0 Å². The third kappa shape index (κ3) is 228. The fourth-order valence-corrected chi connectivity index (χ4v) is 0. The van der Waals surface area contributed by atoms with Crippen molar-refractivity contribution in [3.8, 4) is 0 Å². The van der Waals surface area contributed by atoms with E-state index in [0.717, 1.165) is 0 Å². The fourth-order valence-electron chi connectivity index (χ4n) is 0. The molecule has 0 heterocycles. The van der Waals surface area contributed by atoms with Gasteiger partial charge in [0.2, 0.25) is 0 Å². The molecule has 0 rings (SSSR count). The summed E-state index contributed by atoms with van der Waals surface area (Å²) in [4.78, 5) is 0. The van der Waals surface area contributed by atoms with Gasteiger partial charge in [-0.1, -0.05) is 0 Å². The number of halogens is 4. The second kappa shape index (κ2) is 97.5. The van der Waals surface area contributed by atoms with E-state index < -0.39 is 7.32 Å². The van der Waals surface area contributed by atoms with Crippen LogP contribution in [0.1, 0.15) is 0 Å². The van der Waals surface area contributed by atoms with Crippen LogP contribution in [0.5, 0.6) is 0 Å². The molecule has 0 aliphatic carbocycles. The first-order valence-corrected chi connectivity index (χ1v) is 0.707. The molecule has 0 atom stereocenters. The molecule has 0 N–H and O–H groups in total. The maximum atomic E-state index is 8.42. The van der Waals surface area contributed by atoms with Gasteiger partial charge in [-0.25, -0.2) is 0 Å². The Balaban J connectivity index is -0.000000000818. The van der Waals surface area contributed by atoms with E-state index in [0.29, 0.717) is 0 Å². The summed E-state index contributed by atoms with van der Waals surface area (Å²) in [5.41, 5.74) is 0. The van der Waals surface area contributed by atoms with Crippen LogP contribution in [0, 0.1) is 0 Å². The molecule has 3 nitrogen and oxygen atoms in total. The first-order valence-electron chi connectivity index (χ1n) is 0.707. The molecule has 0 saturated carbocycles. The molecule has 0 aliphatic heterocycles. The molecule has 0 aromatic rings. The topological polar surface area (TPSA) is 69.2 Å². The van der Waals surface area contributed by atoms with Crippen molar-refractivity contribution in [1.29, 1.82) is 0 Å². The smallest absolute Gasteiger partial charge is 1.00 e. The van der Waals surface area contributed by atoms with E-state index in [1.807, 2.05) is 0 Å². The standard InChI is InChI=1S/7Ag.BO3.4FH/c;;;;;;;2-1(3)4;;;;/h;;;;;;;;4*1H/q7*+1;-3;;;;/p-4. The summed E-state index contributed by atoms with van der Waals surface area (Å²) in [7, 11) is -2.92. The summed E-state index contributed by atoms with van der Waals surface area (Å²) >= 11 is 0. The van der Waals surface area contributed by atoms with Crippen LogP contribution in [0.4, 0.5) is 0 Å². The van der Waals surface area contributed by atoms with Gasteiger partial charge in [-0.3, -0.25) is 7.32 Å². The van der Waals surface area contributed by atoms with E-state index in [-0.39, 0.29) is 175 Å². The van der Waals surface area contributed by atoms with Crippen molar-refractivity contribution in [2.45, 2.75) is 0 Å². The Morgan fingerprint density at radius 2 is 0.400 bits per heavy atom. The summed E-state index contributed by atoms with van der Waals surface area (Å²) in [6.45, 7) is 0. The van der Waals surface area contributed by atoms with Crippen molar-refractivity contribution in [2.24, 2.45) is 0 Å². The molecule has 0 aliphatic rings. The molecule has 0 aromatic heterocycles. The molecular formula is Ag7BF4O3. The Kier molecular flexibility index (Phi) is 744. The summed E-state index contributed by atoms with van der Waals surface area (Å²) < 4.78 is 0. The van der Waals surface area contributed by atoms with Crippen LogP contribution in [0.2, 0.25) is 0 Å². The fraction of sp³-hybridized carbons (Fsp3) is 0. The van der Waals surface area contributed by atoms with E-state index in [1.54, 1.807) is 0 Å². The van der Waals surface area contributed by atoms with Crippen molar-refractivity contribution in [3.05, 3.63) is 0 Å². The van der Waals surface area contributed by atoms with Gasteiger partial charge in [-0.05, 0) is 0 Å². The van der Waals surface area contributed by atoms with Gasteiger partial charge in [0.05, 0.1) is 0 Å². The minimum Gasteiger partial charge on any atom is -1.00 e. The van der Waals surface area contributed by atoms with E-state index >= 15 is 0 Å². The molecule has 0 aromatic carbocycles. The first-order chi connectivity index (χ1) is 1.73. The third-order valence-electron chi connectivity index (χ3n) is 0. The predicted octanol–water partition coefficient (Wildman–Crippen LogP) is -15.9. The van der Waals surface area contributed by atoms with E-state index in [1.165, 1.54) is 0 Å². The van der Waals surface area contributed by atoms with Gasteiger partial charge in [0.25, 0.3) is 0 Å². The molecule has 0 amide bonds. The quantitative estimate of drug-likeness (QED) is 0.180. The SMILES string of the molecule is [Ag+].[Ag+].[Ag+].[Ag+].[Ag+].[Ag+].[Ag+].[F-].[F-].[F-].[F-].[O-]B([O-])[O-]. The summed E-state index contributed by atoms with van der Waals surface area (Å²) in [5, 5.41) is 25.2. The van der Waals surface area contributed by atoms with Gasteiger partial charge in [-0.2, -0.15) is 0 Å². The zero-order valence-electron chi connectivity index (χ0n) is 5.42. The van der Waals surface area contributed by atoms with E-state index in [2.05, 4.69) is 0 Å². The minimum absolute atomic E-state index is 0. The monoisotopic (exact) mass is 883 g/mol. The maximum absolute atomic E-state index is 8.42. The maximum Gasteiger partial charge on any atom is 1.00 e. The number of hydrogen-bond donors (Lipinski definition) is 0. The second-order valence-electron chi connectivity index (χ2n) is 0.289. The van der Waals surface area contributed by atoms with Crippen molar-refractivity contribution in [1.82, 2.24) is 0 Å². The Morgan fingerprint density at radius 1 is 0.400 bits per heavy atom. The molecule has 0 radical (unpaired) electrons. The van der Waals surface area contributed by atoms with E-state index in [9.17, 15) is 0 Å². The second-order valence-corrected chi connectivity index (χ2v) is 0.289. The van der Waals surface area contributed by atoms with E-state index in [4.69, 9.17) is 15.1 Å². The molecule has 15 heavy (non-hydrogen) atoms. The van der Waals surface area contributed by atoms with Gasteiger partial charge in [0.15, 0.2) is 0 Å². The summed E-state index contributed by atoms with van der Waals surface area (Å²) in [6.07, 6.45) is 0. The van der Waals surface area contributed by atoms with Crippen LogP contribution in [0.25, 0.3) is 0 Å². The molecule has 126 valence electrons. The Bertz CT molecular complexity index is 31.0. The van der Waals surface area contributed by atoms with Gasteiger partial charge in [0.1, 0.15) is 0 Å². The summed E-state index contributed by atoms with van der Waals surface area (Å²) in [6, 6.07) is 0. The van der Waals surface area contributed by atoms with Crippen molar-refractivity contribution >= 4 is 7.32 Å². The van der Waals surface area contributed by atoms with Crippen LogP contribution in [-0.2, 0) is 157 Å². The van der Waals surface area contributed by atoms with Crippen LogP contribution < -0.4 is 33.9 Å². The summed E-state index contributed by atoms with van der Waals surface area (Å²) in [5.74, 6) is 0. The Morgan fingerprint density at radius 3 is 0.400 bits per heavy atom. The number of rotatable bonds is 0. The van der Waals surface area contributed by atoms with Gasteiger partial charge >= 0.3 is 157 Å². The molecule has 15 heteroatoms. The minimum atomic E-state index is -2.92. The Hall–Kier alpha value is 4.85. The largest absolute Gasteiger partial charge is 1.00 e. The first kappa shape index (κ1) is 114. The third-order valence-corrected chi connectivity index (χ3v) is 0. The molecule has 0 saturated heterocycles. The van der Waals surface area contributed by atoms with Crippen molar-refractivity contribution < 1.29 is 191 Å². The molecule has 0 bridgehead atoms. The molecule has 0 unspecified atom stereocenters. The average molecular weight is 890 g/mol. The van der Waals surface area contributed by atoms with Crippen LogP contribution in [0.3, 0.4) is 0 Å². The molecular weight excluding hydrogens is 890 g/mol. The van der Waals surface area contributed by atoms with Crippen molar-refractivity contribution in [2.75, 3.05) is 0 Å². The molecule has 0 fully saturated rings. The normalized spacial score (nSPS) is 1.80. The van der Waals surface area contributed by atoms with Gasteiger partial charge in [0, 0.05) is 0 Å². The van der Waals surface area contributed by atoms with Gasteiger partial charge in [-0.15, -0.1) is 0 Å².